The van der Waals surface area contributed by atoms with Crippen molar-refractivity contribution in [1.82, 2.24) is 0 Å². The van der Waals surface area contributed by atoms with Crippen molar-refractivity contribution in [3.8, 4) is 0 Å². The van der Waals surface area contributed by atoms with Crippen LogP contribution in [0.3, 0.4) is 0 Å². The van der Waals surface area contributed by atoms with Crippen LogP contribution in [0.25, 0.3) is 0 Å². The molecular weight excluding hydrogens is 267 g/mol. The van der Waals surface area contributed by atoms with Crippen LogP contribution in [0.4, 0.5) is 0 Å². The van der Waals surface area contributed by atoms with Gasteiger partial charge in [-0.1, -0.05) is 40.8 Å². The van der Waals surface area contributed by atoms with E-state index in [2.05, 4.69) is 22.6 Å². The van der Waals surface area contributed by atoms with Crippen molar-refractivity contribution in [2.75, 3.05) is 4.43 Å². The van der Waals surface area contributed by atoms with Gasteiger partial charge in [-0.25, -0.2) is 4.79 Å². The Morgan fingerprint density at radius 3 is 2.92 bits per heavy atom. The second-order valence-corrected chi connectivity index (χ2v) is 3.52. The maximum Gasteiger partial charge on any atom is 0.339 e. The molecule has 1 aliphatic rings. The number of hydrogen-bond acceptors (Lipinski definition) is 2. The zero-order chi connectivity index (χ0) is 8.55. The largest absolute Gasteiger partial charge is 0.453 e. The molecule has 12 heavy (non-hydrogen) atoms. The molecule has 0 aromatic heterocycles. The molecule has 1 heterocycles. The van der Waals surface area contributed by atoms with Crippen LogP contribution in [0.15, 0.2) is 24.3 Å². The molecule has 1 aromatic rings. The van der Waals surface area contributed by atoms with E-state index in [0.717, 1.165) is 15.6 Å². The Balaban J connectivity index is 2.50. The summed E-state index contributed by atoms with van der Waals surface area (Å²) < 4.78 is 5.95. The lowest BCUT2D eigenvalue weighted by Gasteiger charge is -2.04. The van der Waals surface area contributed by atoms with E-state index in [0.29, 0.717) is 0 Å². The molecule has 3 heteroatoms. The average molecular weight is 274 g/mol. The van der Waals surface area contributed by atoms with Gasteiger partial charge in [0.1, 0.15) is 6.10 Å². The minimum absolute atomic E-state index is 0.0331. The molecule has 1 aromatic carbocycles. The highest BCUT2D eigenvalue weighted by molar-refractivity contribution is 14.1. The second kappa shape index (κ2) is 3.05. The Kier molecular flexibility index (Phi) is 2.04. The molecule has 2 nitrogen and oxygen atoms in total. The minimum Gasteiger partial charge on any atom is -0.453 e. The van der Waals surface area contributed by atoms with Crippen LogP contribution in [0.5, 0.6) is 0 Å². The smallest absolute Gasteiger partial charge is 0.339 e. The summed E-state index contributed by atoms with van der Waals surface area (Å²) in [6.07, 6.45) is -0.0331. The SMILES string of the molecule is O=C1OC(CI)c2ccccc21. The maximum atomic E-state index is 11.2. The van der Waals surface area contributed by atoms with Crippen LogP contribution in [0, 0.1) is 0 Å². The molecule has 1 aliphatic heterocycles. The lowest BCUT2D eigenvalue weighted by Crippen LogP contribution is -1.98. The average Bonchev–Trinajstić information content (AvgIpc) is 2.44. The first-order chi connectivity index (χ1) is 5.83. The Labute approximate surface area is 84.1 Å². The number of cyclic esters (lactones) is 1. The zero-order valence-corrected chi connectivity index (χ0v) is 8.45. The monoisotopic (exact) mass is 274 g/mol. The van der Waals surface area contributed by atoms with E-state index in [1.54, 1.807) is 0 Å². The number of ether oxygens (including phenoxy) is 1. The van der Waals surface area contributed by atoms with Crippen molar-refractivity contribution in [2.45, 2.75) is 6.10 Å². The topological polar surface area (TPSA) is 26.3 Å². The number of carbonyl (C=O) groups is 1. The molecule has 0 saturated carbocycles. The summed E-state index contributed by atoms with van der Waals surface area (Å²) in [6, 6.07) is 7.54. The molecule has 0 aliphatic carbocycles. The number of benzene rings is 1. The molecule has 2 rings (SSSR count). The Bertz CT molecular complexity index is 322. The molecule has 0 bridgehead atoms. The molecule has 0 spiro atoms. The number of alkyl halides is 1. The normalized spacial score (nSPS) is 20.4. The van der Waals surface area contributed by atoms with Crippen molar-refractivity contribution in [3.05, 3.63) is 35.4 Å². The van der Waals surface area contributed by atoms with Crippen LogP contribution in [-0.4, -0.2) is 10.4 Å². The highest BCUT2D eigenvalue weighted by Gasteiger charge is 2.29. The summed E-state index contributed by atoms with van der Waals surface area (Å²) >= 11 is 2.22. The number of fused-ring (bicyclic) bond motifs is 1. The van der Waals surface area contributed by atoms with E-state index in [1.807, 2.05) is 24.3 Å². The summed E-state index contributed by atoms with van der Waals surface area (Å²) in [5.41, 5.74) is 1.75. The van der Waals surface area contributed by atoms with Crippen molar-refractivity contribution < 1.29 is 9.53 Å². The lowest BCUT2D eigenvalue weighted by molar-refractivity contribution is 0.0434. The Morgan fingerprint density at radius 1 is 1.42 bits per heavy atom. The van der Waals surface area contributed by atoms with E-state index < -0.39 is 0 Å². The van der Waals surface area contributed by atoms with Crippen molar-refractivity contribution >= 4 is 28.6 Å². The van der Waals surface area contributed by atoms with Gasteiger partial charge in [-0.05, 0) is 6.07 Å². The predicted octanol–water partition coefficient (Wildman–Crippen LogP) is 2.33. The summed E-state index contributed by atoms with van der Waals surface area (Å²) in [4.78, 5) is 11.2. The van der Waals surface area contributed by atoms with Gasteiger partial charge in [-0.15, -0.1) is 0 Å². The van der Waals surface area contributed by atoms with Crippen molar-refractivity contribution in [2.24, 2.45) is 0 Å². The van der Waals surface area contributed by atoms with Gasteiger partial charge < -0.3 is 4.74 Å². The number of esters is 1. The van der Waals surface area contributed by atoms with Gasteiger partial charge in [0.15, 0.2) is 0 Å². The summed E-state index contributed by atoms with van der Waals surface area (Å²) in [5.74, 6) is -0.188. The van der Waals surface area contributed by atoms with Gasteiger partial charge >= 0.3 is 5.97 Å². The number of rotatable bonds is 1. The molecule has 0 saturated heterocycles. The maximum absolute atomic E-state index is 11.2. The Morgan fingerprint density at radius 2 is 2.17 bits per heavy atom. The van der Waals surface area contributed by atoms with Gasteiger partial charge in [0.25, 0.3) is 0 Å². The summed E-state index contributed by atoms with van der Waals surface area (Å²) in [7, 11) is 0. The fourth-order valence-electron chi connectivity index (χ4n) is 1.33. The first kappa shape index (κ1) is 8.04. The first-order valence-electron chi connectivity index (χ1n) is 3.69. The van der Waals surface area contributed by atoms with E-state index >= 15 is 0 Å². The summed E-state index contributed by atoms with van der Waals surface area (Å²) in [5, 5.41) is 0. The van der Waals surface area contributed by atoms with Gasteiger partial charge in [0.2, 0.25) is 0 Å². The molecule has 0 amide bonds. The van der Waals surface area contributed by atoms with Gasteiger partial charge in [-0.3, -0.25) is 0 Å². The fraction of sp³-hybridized carbons (Fsp3) is 0.222. The zero-order valence-electron chi connectivity index (χ0n) is 6.29. The quantitative estimate of drug-likeness (QED) is 0.446. The van der Waals surface area contributed by atoms with Gasteiger partial charge in [-0.2, -0.15) is 0 Å². The third kappa shape index (κ3) is 1.12. The van der Waals surface area contributed by atoms with Crippen LogP contribution >= 0.6 is 22.6 Å². The molecule has 0 radical (unpaired) electrons. The third-order valence-electron chi connectivity index (χ3n) is 1.92. The van der Waals surface area contributed by atoms with Crippen LogP contribution in [0.1, 0.15) is 22.0 Å². The predicted molar refractivity (Wildman–Crippen MR) is 53.5 cm³/mol. The van der Waals surface area contributed by atoms with Gasteiger partial charge in [0.05, 0.1) is 5.56 Å². The highest BCUT2D eigenvalue weighted by atomic mass is 127. The Hall–Kier alpha value is -0.580. The van der Waals surface area contributed by atoms with E-state index in [1.165, 1.54) is 0 Å². The van der Waals surface area contributed by atoms with E-state index in [4.69, 9.17) is 4.74 Å². The minimum atomic E-state index is -0.188. The summed E-state index contributed by atoms with van der Waals surface area (Å²) in [6.45, 7) is 0. The molecule has 1 unspecified atom stereocenters. The number of hydrogen-bond donors (Lipinski definition) is 0. The second-order valence-electron chi connectivity index (χ2n) is 2.64. The number of halogens is 1. The van der Waals surface area contributed by atoms with Crippen LogP contribution in [-0.2, 0) is 4.74 Å². The molecule has 1 atom stereocenters. The van der Waals surface area contributed by atoms with Crippen LogP contribution in [0.2, 0.25) is 0 Å². The molecular formula is C9H7IO2. The highest BCUT2D eigenvalue weighted by Crippen LogP contribution is 2.31. The van der Waals surface area contributed by atoms with Crippen LogP contribution < -0.4 is 0 Å². The third-order valence-corrected chi connectivity index (χ3v) is 2.72. The van der Waals surface area contributed by atoms with Crippen molar-refractivity contribution in [1.29, 1.82) is 0 Å². The van der Waals surface area contributed by atoms with E-state index in [-0.39, 0.29) is 12.1 Å². The van der Waals surface area contributed by atoms with E-state index in [9.17, 15) is 4.79 Å². The molecule has 0 N–H and O–H groups in total. The molecule has 0 fully saturated rings. The lowest BCUT2D eigenvalue weighted by atomic mass is 10.1. The standard InChI is InChI=1S/C9H7IO2/c10-5-8-6-3-1-2-4-7(6)9(11)12-8/h1-4,8H,5H2. The molecule has 62 valence electrons. The number of carbonyl (C=O) groups excluding carboxylic acids is 1. The van der Waals surface area contributed by atoms with Gasteiger partial charge in [0, 0.05) is 9.99 Å². The first-order valence-corrected chi connectivity index (χ1v) is 5.21. The van der Waals surface area contributed by atoms with Crippen molar-refractivity contribution in [3.63, 3.8) is 0 Å². The fourth-order valence-corrected chi connectivity index (χ4v) is 1.99.